The van der Waals surface area contributed by atoms with Crippen molar-refractivity contribution in [3.05, 3.63) is 59.2 Å². The Balaban J connectivity index is 2.13. The van der Waals surface area contributed by atoms with Gasteiger partial charge >= 0.3 is 0 Å². The molecule has 0 saturated carbocycles. The molecule has 2 aromatic carbocycles. The van der Waals surface area contributed by atoms with Crippen LogP contribution in [0.1, 0.15) is 16.7 Å². The molecule has 1 heterocycles. The highest BCUT2D eigenvalue weighted by Gasteiger charge is 2.16. The Morgan fingerprint density at radius 3 is 2.72 bits per heavy atom. The van der Waals surface area contributed by atoms with E-state index in [-0.39, 0.29) is 0 Å². The normalized spacial score (nSPS) is 15.4. The highest BCUT2D eigenvalue weighted by molar-refractivity contribution is 5.69. The summed E-state index contributed by atoms with van der Waals surface area (Å²) in [4.78, 5) is 2.40. The second-order valence-electron chi connectivity index (χ2n) is 5.30. The Morgan fingerprint density at radius 2 is 1.89 bits per heavy atom. The van der Waals surface area contributed by atoms with Crippen molar-refractivity contribution in [3.8, 4) is 11.1 Å². The number of nitrogens with zero attached hydrogens (tertiary/aromatic N) is 1. The van der Waals surface area contributed by atoms with E-state index in [2.05, 4.69) is 61.3 Å². The maximum absolute atomic E-state index is 2.40. The molecule has 0 bridgehead atoms. The number of hydrogen-bond donors (Lipinski definition) is 0. The first-order chi connectivity index (χ1) is 8.74. The van der Waals surface area contributed by atoms with Gasteiger partial charge < -0.3 is 4.90 Å². The van der Waals surface area contributed by atoms with E-state index < -0.39 is 0 Å². The van der Waals surface area contributed by atoms with Crippen LogP contribution in [-0.2, 0) is 13.0 Å². The molecule has 1 heteroatoms. The molecule has 1 aliphatic heterocycles. The third-order valence-electron chi connectivity index (χ3n) is 3.79. The van der Waals surface area contributed by atoms with Crippen LogP contribution in [0.2, 0.25) is 0 Å². The molecule has 1 nitrogen and oxygen atoms in total. The lowest BCUT2D eigenvalue weighted by atomic mass is 9.91. The van der Waals surface area contributed by atoms with E-state index in [0.29, 0.717) is 0 Å². The maximum Gasteiger partial charge on any atom is 0.0239 e. The molecule has 18 heavy (non-hydrogen) atoms. The van der Waals surface area contributed by atoms with Gasteiger partial charge in [0.05, 0.1) is 0 Å². The number of benzene rings is 2. The first-order valence-corrected chi connectivity index (χ1v) is 6.60. The number of likely N-dealkylation sites (N-methyl/N-ethyl adjacent to an activating group) is 1. The minimum Gasteiger partial charge on any atom is -0.302 e. The molecule has 0 atom stereocenters. The summed E-state index contributed by atoms with van der Waals surface area (Å²) in [5.41, 5.74) is 7.11. The molecule has 0 saturated heterocycles. The van der Waals surface area contributed by atoms with Crippen LogP contribution in [-0.4, -0.2) is 18.5 Å². The van der Waals surface area contributed by atoms with E-state index in [1.807, 2.05) is 0 Å². The third kappa shape index (κ3) is 2.06. The van der Waals surface area contributed by atoms with Crippen LogP contribution in [0.3, 0.4) is 0 Å². The highest BCUT2D eigenvalue weighted by Crippen LogP contribution is 2.30. The van der Waals surface area contributed by atoms with Gasteiger partial charge in [0.15, 0.2) is 0 Å². The summed E-state index contributed by atoms with van der Waals surface area (Å²) < 4.78 is 0. The quantitative estimate of drug-likeness (QED) is 0.731. The van der Waals surface area contributed by atoms with Crippen LogP contribution in [0.15, 0.2) is 42.5 Å². The number of fused-ring (bicyclic) bond motifs is 1. The van der Waals surface area contributed by atoms with Crippen LogP contribution in [0.5, 0.6) is 0 Å². The Labute approximate surface area is 109 Å². The van der Waals surface area contributed by atoms with Crippen LogP contribution in [0, 0.1) is 6.92 Å². The minimum absolute atomic E-state index is 1.07. The third-order valence-corrected chi connectivity index (χ3v) is 3.79. The van der Waals surface area contributed by atoms with Crippen molar-refractivity contribution in [2.24, 2.45) is 0 Å². The standard InChI is InChI=1S/C17H19N/c1-13-5-3-7-15(11-13)16-8-4-6-14-9-10-18(2)12-17(14)16/h3-8,11H,9-10,12H2,1-2H3. The van der Waals surface area contributed by atoms with Crippen molar-refractivity contribution in [2.75, 3.05) is 13.6 Å². The zero-order chi connectivity index (χ0) is 12.5. The van der Waals surface area contributed by atoms with Crippen LogP contribution >= 0.6 is 0 Å². The number of rotatable bonds is 1. The van der Waals surface area contributed by atoms with Crippen molar-refractivity contribution in [3.63, 3.8) is 0 Å². The second kappa shape index (κ2) is 4.58. The van der Waals surface area contributed by atoms with Crippen LogP contribution < -0.4 is 0 Å². The molecule has 0 radical (unpaired) electrons. The van der Waals surface area contributed by atoms with E-state index in [0.717, 1.165) is 6.54 Å². The van der Waals surface area contributed by atoms with Crippen LogP contribution in [0.25, 0.3) is 11.1 Å². The maximum atomic E-state index is 2.40. The molecule has 1 aliphatic rings. The predicted octanol–water partition coefficient (Wildman–Crippen LogP) is 3.65. The van der Waals surface area contributed by atoms with Crippen molar-refractivity contribution >= 4 is 0 Å². The van der Waals surface area contributed by atoms with Crippen LogP contribution in [0.4, 0.5) is 0 Å². The molecule has 0 aromatic heterocycles. The van der Waals surface area contributed by atoms with Gasteiger partial charge in [0.25, 0.3) is 0 Å². The summed E-state index contributed by atoms with van der Waals surface area (Å²) in [6.45, 7) is 4.40. The largest absolute Gasteiger partial charge is 0.302 e. The van der Waals surface area contributed by atoms with Gasteiger partial charge in [-0.3, -0.25) is 0 Å². The van der Waals surface area contributed by atoms with Gasteiger partial charge in [-0.25, -0.2) is 0 Å². The summed E-state index contributed by atoms with van der Waals surface area (Å²) in [6, 6.07) is 15.5. The lowest BCUT2D eigenvalue weighted by Gasteiger charge is -2.27. The predicted molar refractivity (Wildman–Crippen MR) is 76.7 cm³/mol. The SMILES string of the molecule is Cc1cccc(-c2cccc3c2CN(C)CC3)c1. The fourth-order valence-corrected chi connectivity index (χ4v) is 2.80. The van der Waals surface area contributed by atoms with E-state index in [1.54, 1.807) is 0 Å². The lowest BCUT2D eigenvalue weighted by molar-refractivity contribution is 0.313. The summed E-state index contributed by atoms with van der Waals surface area (Å²) in [5, 5.41) is 0. The van der Waals surface area contributed by atoms with Gasteiger partial charge in [0, 0.05) is 13.1 Å². The summed E-state index contributed by atoms with van der Waals surface area (Å²) in [7, 11) is 2.20. The number of aryl methyl sites for hydroxylation is 1. The van der Waals surface area contributed by atoms with Crippen molar-refractivity contribution in [1.29, 1.82) is 0 Å². The van der Waals surface area contributed by atoms with E-state index >= 15 is 0 Å². The van der Waals surface area contributed by atoms with E-state index in [4.69, 9.17) is 0 Å². The van der Waals surface area contributed by atoms with Gasteiger partial charge in [-0.1, -0.05) is 48.0 Å². The molecule has 0 spiro atoms. The Hall–Kier alpha value is -1.60. The Kier molecular flexibility index (Phi) is 2.92. The zero-order valence-corrected chi connectivity index (χ0v) is 11.1. The molecule has 0 unspecified atom stereocenters. The fourth-order valence-electron chi connectivity index (χ4n) is 2.80. The molecule has 0 aliphatic carbocycles. The number of hydrogen-bond acceptors (Lipinski definition) is 1. The topological polar surface area (TPSA) is 3.24 Å². The van der Waals surface area contributed by atoms with Gasteiger partial charge in [-0.15, -0.1) is 0 Å². The second-order valence-corrected chi connectivity index (χ2v) is 5.30. The Bertz CT molecular complexity index is 572. The summed E-state index contributed by atoms with van der Waals surface area (Å²) in [5.74, 6) is 0. The summed E-state index contributed by atoms with van der Waals surface area (Å²) >= 11 is 0. The average molecular weight is 237 g/mol. The highest BCUT2D eigenvalue weighted by atomic mass is 15.1. The smallest absolute Gasteiger partial charge is 0.0239 e. The molecular formula is C17H19N. The monoisotopic (exact) mass is 237 g/mol. The Morgan fingerprint density at radius 1 is 1.06 bits per heavy atom. The average Bonchev–Trinajstić information content (AvgIpc) is 2.38. The molecule has 3 rings (SSSR count). The molecular weight excluding hydrogens is 218 g/mol. The van der Waals surface area contributed by atoms with Gasteiger partial charge in [0.2, 0.25) is 0 Å². The van der Waals surface area contributed by atoms with Crippen molar-refractivity contribution in [2.45, 2.75) is 19.9 Å². The zero-order valence-electron chi connectivity index (χ0n) is 11.1. The molecule has 92 valence electrons. The molecule has 0 N–H and O–H groups in total. The minimum atomic E-state index is 1.07. The van der Waals surface area contributed by atoms with Gasteiger partial charge in [-0.05, 0) is 42.6 Å². The van der Waals surface area contributed by atoms with Gasteiger partial charge in [0.1, 0.15) is 0 Å². The molecule has 0 fully saturated rings. The van der Waals surface area contributed by atoms with Gasteiger partial charge in [-0.2, -0.15) is 0 Å². The van der Waals surface area contributed by atoms with Crippen molar-refractivity contribution in [1.82, 2.24) is 4.90 Å². The summed E-state index contributed by atoms with van der Waals surface area (Å²) in [6.07, 6.45) is 1.17. The molecule has 2 aromatic rings. The first kappa shape index (κ1) is 11.5. The lowest BCUT2D eigenvalue weighted by Crippen LogP contribution is -2.26. The van der Waals surface area contributed by atoms with E-state index in [1.165, 1.54) is 40.8 Å². The van der Waals surface area contributed by atoms with Crippen molar-refractivity contribution < 1.29 is 0 Å². The fraction of sp³-hybridized carbons (Fsp3) is 0.294. The first-order valence-electron chi connectivity index (χ1n) is 6.60. The van der Waals surface area contributed by atoms with E-state index in [9.17, 15) is 0 Å². The molecule has 0 amide bonds.